The SMILES string of the molecule is CN(C)C(Cl)CCc1ccc2c(c1)C(c1ccccc1)NC(=O)N2. The molecule has 0 aromatic heterocycles. The first-order valence-electron chi connectivity index (χ1n) is 8.10. The fraction of sp³-hybridized carbons (Fsp3) is 0.316. The van der Waals surface area contributed by atoms with Crippen molar-refractivity contribution in [1.82, 2.24) is 10.2 Å². The zero-order chi connectivity index (χ0) is 17.1. The Hall–Kier alpha value is -2.04. The molecule has 24 heavy (non-hydrogen) atoms. The predicted molar refractivity (Wildman–Crippen MR) is 98.5 cm³/mol. The Balaban J connectivity index is 1.87. The van der Waals surface area contributed by atoms with Gasteiger partial charge in [0.05, 0.1) is 11.5 Å². The third-order valence-electron chi connectivity index (χ3n) is 4.32. The zero-order valence-electron chi connectivity index (χ0n) is 13.9. The van der Waals surface area contributed by atoms with Crippen LogP contribution in [-0.4, -0.2) is 30.5 Å². The first-order valence-corrected chi connectivity index (χ1v) is 8.54. The summed E-state index contributed by atoms with van der Waals surface area (Å²) in [4.78, 5) is 13.9. The highest BCUT2D eigenvalue weighted by Gasteiger charge is 2.25. The monoisotopic (exact) mass is 343 g/mol. The van der Waals surface area contributed by atoms with Crippen LogP contribution in [0.15, 0.2) is 48.5 Å². The highest BCUT2D eigenvalue weighted by molar-refractivity contribution is 6.20. The lowest BCUT2D eigenvalue weighted by atomic mass is 9.93. The summed E-state index contributed by atoms with van der Waals surface area (Å²) in [6.45, 7) is 0. The van der Waals surface area contributed by atoms with Crippen LogP contribution in [0.25, 0.3) is 0 Å². The Labute approximate surface area is 147 Å². The Morgan fingerprint density at radius 3 is 2.62 bits per heavy atom. The van der Waals surface area contributed by atoms with Crippen molar-refractivity contribution in [2.75, 3.05) is 19.4 Å². The number of hydrogen-bond acceptors (Lipinski definition) is 2. The molecule has 0 aliphatic carbocycles. The van der Waals surface area contributed by atoms with Crippen molar-refractivity contribution in [3.63, 3.8) is 0 Å². The van der Waals surface area contributed by atoms with Gasteiger partial charge >= 0.3 is 6.03 Å². The zero-order valence-corrected chi connectivity index (χ0v) is 14.7. The third kappa shape index (κ3) is 3.71. The van der Waals surface area contributed by atoms with E-state index in [0.29, 0.717) is 0 Å². The number of benzene rings is 2. The molecule has 0 spiro atoms. The largest absolute Gasteiger partial charge is 0.327 e. The maximum Gasteiger partial charge on any atom is 0.320 e. The minimum absolute atomic E-state index is 0.0174. The number of urea groups is 1. The minimum Gasteiger partial charge on any atom is -0.327 e. The van der Waals surface area contributed by atoms with Gasteiger partial charge in [0.15, 0.2) is 0 Å². The number of nitrogens with zero attached hydrogens (tertiary/aromatic N) is 1. The quantitative estimate of drug-likeness (QED) is 0.637. The maximum atomic E-state index is 11.9. The van der Waals surface area contributed by atoms with E-state index in [1.165, 1.54) is 5.56 Å². The van der Waals surface area contributed by atoms with Gasteiger partial charge in [0.2, 0.25) is 0 Å². The molecule has 1 aliphatic heterocycles. The fourth-order valence-corrected chi connectivity index (χ4v) is 3.05. The van der Waals surface area contributed by atoms with E-state index in [0.717, 1.165) is 29.7 Å². The van der Waals surface area contributed by atoms with Crippen LogP contribution in [0, 0.1) is 0 Å². The van der Waals surface area contributed by atoms with E-state index in [2.05, 4.69) is 22.8 Å². The summed E-state index contributed by atoms with van der Waals surface area (Å²) in [5, 5.41) is 5.90. The number of nitrogens with one attached hydrogen (secondary N) is 2. The normalized spacial score (nSPS) is 17.8. The van der Waals surface area contributed by atoms with Crippen LogP contribution in [-0.2, 0) is 6.42 Å². The van der Waals surface area contributed by atoms with Gasteiger partial charge in [-0.05, 0) is 44.1 Å². The summed E-state index contributed by atoms with van der Waals surface area (Å²) in [6.07, 6.45) is 1.78. The molecule has 1 aliphatic rings. The van der Waals surface area contributed by atoms with Gasteiger partial charge in [0.25, 0.3) is 0 Å². The van der Waals surface area contributed by atoms with E-state index < -0.39 is 0 Å². The lowest BCUT2D eigenvalue weighted by Crippen LogP contribution is -2.38. The summed E-state index contributed by atoms with van der Waals surface area (Å²) in [7, 11) is 3.96. The number of amides is 2. The van der Waals surface area contributed by atoms with Crippen LogP contribution in [0.4, 0.5) is 10.5 Å². The number of hydrogen-bond donors (Lipinski definition) is 2. The summed E-state index contributed by atoms with van der Waals surface area (Å²) >= 11 is 6.31. The Morgan fingerprint density at radius 1 is 1.17 bits per heavy atom. The fourth-order valence-electron chi connectivity index (χ4n) is 2.94. The van der Waals surface area contributed by atoms with Crippen molar-refractivity contribution in [3.8, 4) is 0 Å². The standard InChI is InChI=1S/C19H22ClN3O/c1-23(2)17(20)11-9-13-8-10-16-15(12-13)18(22-19(24)21-16)14-6-4-3-5-7-14/h3-8,10,12,17-18H,9,11H2,1-2H3,(H2,21,22,24). The molecule has 0 saturated heterocycles. The number of rotatable bonds is 5. The molecule has 2 aromatic rings. The van der Waals surface area contributed by atoms with Gasteiger partial charge in [0, 0.05) is 11.3 Å². The number of halogens is 1. The van der Waals surface area contributed by atoms with Gasteiger partial charge in [-0.3, -0.25) is 4.90 Å². The van der Waals surface area contributed by atoms with Crippen LogP contribution in [0.2, 0.25) is 0 Å². The van der Waals surface area contributed by atoms with Gasteiger partial charge < -0.3 is 10.6 Å². The molecule has 126 valence electrons. The molecule has 2 aromatic carbocycles. The molecule has 2 amide bonds. The number of fused-ring (bicyclic) bond motifs is 1. The average Bonchev–Trinajstić information content (AvgIpc) is 2.59. The van der Waals surface area contributed by atoms with Crippen molar-refractivity contribution in [2.45, 2.75) is 24.4 Å². The van der Waals surface area contributed by atoms with E-state index >= 15 is 0 Å². The maximum absolute atomic E-state index is 11.9. The Kier molecular flexibility index (Phi) is 5.07. The van der Waals surface area contributed by atoms with Gasteiger partial charge in [0.1, 0.15) is 0 Å². The van der Waals surface area contributed by atoms with Gasteiger partial charge in [-0.1, -0.05) is 42.5 Å². The number of aryl methyl sites for hydroxylation is 1. The van der Waals surface area contributed by atoms with Crippen molar-refractivity contribution < 1.29 is 4.79 Å². The van der Waals surface area contributed by atoms with E-state index in [4.69, 9.17) is 11.6 Å². The molecule has 0 radical (unpaired) electrons. The molecule has 0 fully saturated rings. The van der Waals surface area contributed by atoms with Crippen LogP contribution < -0.4 is 10.6 Å². The lowest BCUT2D eigenvalue weighted by molar-refractivity contribution is 0.249. The Bertz CT molecular complexity index is 718. The van der Waals surface area contributed by atoms with Crippen LogP contribution in [0.3, 0.4) is 0 Å². The van der Waals surface area contributed by atoms with Crippen molar-refractivity contribution >= 4 is 23.3 Å². The van der Waals surface area contributed by atoms with Crippen molar-refractivity contribution in [3.05, 3.63) is 65.2 Å². The first-order chi connectivity index (χ1) is 11.5. The minimum atomic E-state index is -0.169. The third-order valence-corrected chi connectivity index (χ3v) is 4.92. The van der Waals surface area contributed by atoms with E-state index in [9.17, 15) is 4.79 Å². The number of alkyl halides is 1. The van der Waals surface area contributed by atoms with Gasteiger partial charge in [-0.25, -0.2) is 4.79 Å². The average molecular weight is 344 g/mol. The van der Waals surface area contributed by atoms with Crippen molar-refractivity contribution in [1.29, 1.82) is 0 Å². The summed E-state index contributed by atoms with van der Waals surface area (Å²) < 4.78 is 0. The summed E-state index contributed by atoms with van der Waals surface area (Å²) in [6, 6.07) is 15.9. The summed E-state index contributed by atoms with van der Waals surface area (Å²) in [5.41, 5.74) is 4.28. The summed E-state index contributed by atoms with van der Waals surface area (Å²) in [5.74, 6) is 0. The number of carbonyl (C=O) groups is 1. The van der Waals surface area contributed by atoms with Crippen LogP contribution in [0.5, 0.6) is 0 Å². The number of carbonyl (C=O) groups excluding carboxylic acids is 1. The van der Waals surface area contributed by atoms with Crippen molar-refractivity contribution in [2.24, 2.45) is 0 Å². The van der Waals surface area contributed by atoms with Crippen LogP contribution >= 0.6 is 11.6 Å². The predicted octanol–water partition coefficient (Wildman–Crippen LogP) is 3.97. The molecule has 2 N–H and O–H groups in total. The molecule has 0 saturated carbocycles. The van der Waals surface area contributed by atoms with Crippen LogP contribution in [0.1, 0.15) is 29.2 Å². The molecule has 4 nitrogen and oxygen atoms in total. The molecule has 3 rings (SSSR count). The molecule has 2 atom stereocenters. The Morgan fingerprint density at radius 2 is 1.92 bits per heavy atom. The van der Waals surface area contributed by atoms with E-state index in [1.54, 1.807) is 0 Å². The van der Waals surface area contributed by atoms with E-state index in [1.807, 2.05) is 55.4 Å². The smallest absolute Gasteiger partial charge is 0.320 e. The first kappa shape index (κ1) is 16.8. The van der Waals surface area contributed by atoms with Gasteiger partial charge in [-0.15, -0.1) is 11.6 Å². The second-order valence-corrected chi connectivity index (χ2v) is 6.80. The lowest BCUT2D eigenvalue weighted by Gasteiger charge is -2.28. The highest BCUT2D eigenvalue weighted by atomic mass is 35.5. The molecule has 0 bridgehead atoms. The van der Waals surface area contributed by atoms with Gasteiger partial charge in [-0.2, -0.15) is 0 Å². The molecule has 1 heterocycles. The van der Waals surface area contributed by atoms with E-state index in [-0.39, 0.29) is 17.6 Å². The molecule has 2 unspecified atom stereocenters. The second kappa shape index (κ2) is 7.24. The highest BCUT2D eigenvalue weighted by Crippen LogP contribution is 2.32. The molecular formula is C19H22ClN3O. The number of anilines is 1. The second-order valence-electron chi connectivity index (χ2n) is 6.30. The molecule has 5 heteroatoms. The topological polar surface area (TPSA) is 44.4 Å². The molecular weight excluding hydrogens is 322 g/mol.